The zero-order valence-corrected chi connectivity index (χ0v) is 14.9. The molecule has 1 unspecified atom stereocenters. The third-order valence-corrected chi connectivity index (χ3v) is 7.25. The van der Waals surface area contributed by atoms with Gasteiger partial charge in [0.15, 0.2) is 0 Å². The summed E-state index contributed by atoms with van der Waals surface area (Å²) >= 11 is 0. The summed E-state index contributed by atoms with van der Waals surface area (Å²) in [5.41, 5.74) is 2.11. The molecule has 4 aliphatic carbocycles. The summed E-state index contributed by atoms with van der Waals surface area (Å²) in [4.78, 5) is 4.12. The van der Waals surface area contributed by atoms with E-state index in [1.807, 2.05) is 12.4 Å². The van der Waals surface area contributed by atoms with Gasteiger partial charge in [-0.15, -0.1) is 12.3 Å². The van der Waals surface area contributed by atoms with Crippen LogP contribution < -0.4 is 0 Å². The molecule has 1 aromatic heterocycles. The highest BCUT2D eigenvalue weighted by Crippen LogP contribution is 2.61. The van der Waals surface area contributed by atoms with Gasteiger partial charge in [0, 0.05) is 18.8 Å². The Labute approximate surface area is 147 Å². The molecular formula is C23H31N. The van der Waals surface area contributed by atoms with Gasteiger partial charge in [-0.2, -0.15) is 0 Å². The number of nitrogens with zero attached hydrogens (tertiary/aromatic N) is 1. The van der Waals surface area contributed by atoms with Gasteiger partial charge < -0.3 is 0 Å². The number of hydrogen-bond acceptors (Lipinski definition) is 1. The standard InChI is InChI=1S/C23H31N/c1-2-3-18(4-5-19-7-10-24-11-8-19)6-9-23-15-20-12-21(16-23)14-22(13-20)17-23/h1,7-8,10-11,18,20-22H,3-6,9,12-17H2. The van der Waals surface area contributed by atoms with Crippen LogP contribution in [0.25, 0.3) is 0 Å². The van der Waals surface area contributed by atoms with Crippen LogP contribution in [0.2, 0.25) is 0 Å². The summed E-state index contributed by atoms with van der Waals surface area (Å²) in [7, 11) is 0. The van der Waals surface area contributed by atoms with Gasteiger partial charge in [0.05, 0.1) is 0 Å². The summed E-state index contributed by atoms with van der Waals surface area (Å²) in [6.45, 7) is 0. The van der Waals surface area contributed by atoms with Gasteiger partial charge in [-0.25, -0.2) is 0 Å². The van der Waals surface area contributed by atoms with Gasteiger partial charge in [0.25, 0.3) is 0 Å². The van der Waals surface area contributed by atoms with Crippen molar-refractivity contribution in [2.24, 2.45) is 29.1 Å². The van der Waals surface area contributed by atoms with Crippen molar-refractivity contribution in [3.8, 4) is 12.3 Å². The van der Waals surface area contributed by atoms with Crippen molar-refractivity contribution < 1.29 is 0 Å². The Morgan fingerprint density at radius 1 is 1.04 bits per heavy atom. The summed E-state index contributed by atoms with van der Waals surface area (Å²) in [6.07, 6.45) is 24.9. The lowest BCUT2D eigenvalue weighted by molar-refractivity contribution is -0.0600. The monoisotopic (exact) mass is 321 g/mol. The quantitative estimate of drug-likeness (QED) is 0.591. The fourth-order valence-corrected chi connectivity index (χ4v) is 6.54. The van der Waals surface area contributed by atoms with Crippen molar-refractivity contribution in [3.63, 3.8) is 0 Å². The Bertz CT molecular complexity index is 547. The first kappa shape index (κ1) is 16.2. The van der Waals surface area contributed by atoms with Gasteiger partial charge in [0.1, 0.15) is 0 Å². The second kappa shape index (κ2) is 6.91. The lowest BCUT2D eigenvalue weighted by Gasteiger charge is -2.57. The van der Waals surface area contributed by atoms with Gasteiger partial charge in [-0.05, 0) is 111 Å². The zero-order valence-electron chi connectivity index (χ0n) is 14.9. The Hall–Kier alpha value is -1.29. The third-order valence-electron chi connectivity index (χ3n) is 7.25. The number of terminal acetylenes is 1. The predicted octanol–water partition coefficient (Wildman–Crippen LogP) is 5.65. The van der Waals surface area contributed by atoms with E-state index in [0.717, 1.165) is 30.6 Å². The van der Waals surface area contributed by atoms with E-state index in [9.17, 15) is 0 Å². The van der Waals surface area contributed by atoms with Gasteiger partial charge in [0.2, 0.25) is 0 Å². The highest BCUT2D eigenvalue weighted by Gasteiger charge is 2.50. The van der Waals surface area contributed by atoms with Crippen molar-refractivity contribution in [1.29, 1.82) is 0 Å². The van der Waals surface area contributed by atoms with E-state index < -0.39 is 0 Å². The first-order chi connectivity index (χ1) is 11.7. The van der Waals surface area contributed by atoms with Crippen molar-refractivity contribution in [2.45, 2.75) is 70.6 Å². The molecule has 4 fully saturated rings. The maximum Gasteiger partial charge on any atom is 0.0270 e. The zero-order chi connectivity index (χ0) is 16.4. The molecule has 0 amide bonds. The lowest BCUT2D eigenvalue weighted by atomic mass is 9.48. The van der Waals surface area contributed by atoms with E-state index in [1.165, 1.54) is 44.1 Å². The maximum absolute atomic E-state index is 5.67. The number of hydrogen-bond donors (Lipinski definition) is 0. The fraction of sp³-hybridized carbons (Fsp3) is 0.696. The van der Waals surface area contributed by atoms with Crippen molar-refractivity contribution in [2.75, 3.05) is 0 Å². The Morgan fingerprint density at radius 2 is 1.67 bits per heavy atom. The molecule has 128 valence electrons. The molecule has 4 saturated carbocycles. The summed E-state index contributed by atoms with van der Waals surface area (Å²) < 4.78 is 0. The average molecular weight is 322 g/mol. The molecule has 5 rings (SSSR count). The van der Waals surface area contributed by atoms with Crippen molar-refractivity contribution >= 4 is 0 Å². The Morgan fingerprint density at radius 3 is 2.25 bits per heavy atom. The predicted molar refractivity (Wildman–Crippen MR) is 99.3 cm³/mol. The molecule has 0 saturated heterocycles. The van der Waals surface area contributed by atoms with E-state index in [4.69, 9.17) is 6.42 Å². The first-order valence-electron chi connectivity index (χ1n) is 10.1. The van der Waals surface area contributed by atoms with Crippen molar-refractivity contribution in [3.05, 3.63) is 30.1 Å². The van der Waals surface area contributed by atoms with Crippen LogP contribution in [0.1, 0.15) is 69.8 Å². The first-order valence-corrected chi connectivity index (χ1v) is 10.1. The van der Waals surface area contributed by atoms with Crippen LogP contribution in [0.5, 0.6) is 0 Å². The molecule has 1 heteroatoms. The van der Waals surface area contributed by atoms with Crippen LogP contribution in [0, 0.1) is 41.4 Å². The van der Waals surface area contributed by atoms with Crippen LogP contribution in [0.4, 0.5) is 0 Å². The summed E-state index contributed by atoms with van der Waals surface area (Å²) in [6, 6.07) is 4.29. The summed E-state index contributed by atoms with van der Waals surface area (Å²) in [5.74, 6) is 6.86. The van der Waals surface area contributed by atoms with Gasteiger partial charge in [-0.3, -0.25) is 4.98 Å². The minimum absolute atomic E-state index is 0.705. The Balaban J connectivity index is 1.33. The number of aromatic nitrogens is 1. The maximum atomic E-state index is 5.67. The lowest BCUT2D eigenvalue weighted by Crippen LogP contribution is -2.46. The normalized spacial score (nSPS) is 34.9. The SMILES string of the molecule is C#CCC(CCc1ccncc1)CCC12CC3CC(CC(C3)C1)C2. The molecule has 0 spiro atoms. The molecule has 1 heterocycles. The minimum Gasteiger partial charge on any atom is -0.265 e. The van der Waals surface area contributed by atoms with E-state index in [1.54, 1.807) is 19.3 Å². The molecule has 0 radical (unpaired) electrons. The molecule has 4 aliphatic rings. The van der Waals surface area contributed by atoms with Crippen molar-refractivity contribution in [1.82, 2.24) is 4.98 Å². The molecule has 0 aliphatic heterocycles. The van der Waals surface area contributed by atoms with Crippen LogP contribution in [-0.4, -0.2) is 4.98 Å². The van der Waals surface area contributed by atoms with E-state index in [2.05, 4.69) is 23.0 Å². The minimum atomic E-state index is 0.705. The molecule has 1 nitrogen and oxygen atoms in total. The van der Waals surface area contributed by atoms with Crippen LogP contribution in [0.15, 0.2) is 24.5 Å². The molecule has 0 N–H and O–H groups in total. The van der Waals surface area contributed by atoms with Gasteiger partial charge in [-0.1, -0.05) is 0 Å². The number of pyridine rings is 1. The molecule has 0 aromatic carbocycles. The van der Waals surface area contributed by atoms with Crippen LogP contribution in [0.3, 0.4) is 0 Å². The highest BCUT2D eigenvalue weighted by atomic mass is 14.6. The largest absolute Gasteiger partial charge is 0.265 e. The topological polar surface area (TPSA) is 12.9 Å². The molecule has 4 bridgehead atoms. The fourth-order valence-electron chi connectivity index (χ4n) is 6.54. The van der Waals surface area contributed by atoms with E-state index in [0.29, 0.717) is 11.3 Å². The second-order valence-corrected chi connectivity index (χ2v) is 9.12. The molecule has 1 atom stereocenters. The Kier molecular flexibility index (Phi) is 4.66. The average Bonchev–Trinajstić information content (AvgIpc) is 2.57. The highest BCUT2D eigenvalue weighted by molar-refractivity contribution is 5.10. The third kappa shape index (κ3) is 3.53. The molecular weight excluding hydrogens is 290 g/mol. The van der Waals surface area contributed by atoms with E-state index >= 15 is 0 Å². The number of aryl methyl sites for hydroxylation is 1. The summed E-state index contributed by atoms with van der Waals surface area (Å²) in [5, 5.41) is 0. The van der Waals surface area contributed by atoms with Crippen LogP contribution >= 0.6 is 0 Å². The van der Waals surface area contributed by atoms with Crippen LogP contribution in [-0.2, 0) is 6.42 Å². The second-order valence-electron chi connectivity index (χ2n) is 9.12. The number of rotatable bonds is 7. The molecule has 24 heavy (non-hydrogen) atoms. The molecule has 1 aromatic rings. The van der Waals surface area contributed by atoms with Gasteiger partial charge >= 0.3 is 0 Å². The van der Waals surface area contributed by atoms with E-state index in [-0.39, 0.29) is 0 Å². The smallest absolute Gasteiger partial charge is 0.0270 e.